The lowest BCUT2D eigenvalue weighted by Gasteiger charge is -2.15. The molecule has 0 fully saturated rings. The van der Waals surface area contributed by atoms with Crippen molar-refractivity contribution < 1.29 is 19.4 Å². The molecule has 0 spiro atoms. The quantitative estimate of drug-likeness (QED) is 0.885. The van der Waals surface area contributed by atoms with E-state index < -0.39 is 11.9 Å². The van der Waals surface area contributed by atoms with Crippen LogP contribution in [0, 0.1) is 6.92 Å². The second-order valence-corrected chi connectivity index (χ2v) is 4.79. The zero-order valence-corrected chi connectivity index (χ0v) is 12.1. The molecule has 0 bridgehead atoms. The number of hydrogen-bond donors (Lipinski definition) is 1. The molecule has 0 radical (unpaired) electrons. The van der Waals surface area contributed by atoms with Crippen LogP contribution in [0.25, 0.3) is 0 Å². The number of benzene rings is 2. The van der Waals surface area contributed by atoms with Crippen LogP contribution in [0.5, 0.6) is 11.5 Å². The predicted molar refractivity (Wildman–Crippen MR) is 80.0 cm³/mol. The van der Waals surface area contributed by atoms with Gasteiger partial charge in [0.25, 0.3) is 0 Å². The first-order valence-corrected chi connectivity index (χ1v) is 6.66. The van der Waals surface area contributed by atoms with Gasteiger partial charge in [0, 0.05) is 0 Å². The molecule has 0 amide bonds. The smallest absolute Gasteiger partial charge is 0.314 e. The topological polar surface area (TPSA) is 55.8 Å². The Labute approximate surface area is 123 Å². The van der Waals surface area contributed by atoms with Crippen molar-refractivity contribution in [2.24, 2.45) is 0 Å². The summed E-state index contributed by atoms with van der Waals surface area (Å²) in [5, 5.41) is 9.39. The lowest BCUT2D eigenvalue weighted by molar-refractivity contribution is -0.139. The third-order valence-corrected chi connectivity index (χ3v) is 3.23. The van der Waals surface area contributed by atoms with Gasteiger partial charge in [0.2, 0.25) is 0 Å². The van der Waals surface area contributed by atoms with Gasteiger partial charge in [0.1, 0.15) is 24.0 Å². The van der Waals surface area contributed by atoms with Crippen molar-refractivity contribution in [3.63, 3.8) is 0 Å². The van der Waals surface area contributed by atoms with Crippen LogP contribution < -0.4 is 9.47 Å². The fraction of sp³-hybridized carbons (Fsp3) is 0.235. The SMILES string of the molecule is COc1cccc(C(COc2ccc(C)cc2)C(=O)O)c1. The summed E-state index contributed by atoms with van der Waals surface area (Å²) in [7, 11) is 1.55. The fourth-order valence-corrected chi connectivity index (χ4v) is 1.98. The maximum absolute atomic E-state index is 11.5. The molecule has 110 valence electrons. The van der Waals surface area contributed by atoms with E-state index in [9.17, 15) is 9.90 Å². The van der Waals surface area contributed by atoms with E-state index in [2.05, 4.69) is 0 Å². The third-order valence-electron chi connectivity index (χ3n) is 3.23. The Hall–Kier alpha value is -2.49. The number of carbonyl (C=O) groups is 1. The molecule has 0 aromatic heterocycles. The molecule has 0 aliphatic carbocycles. The first-order chi connectivity index (χ1) is 10.1. The maximum Gasteiger partial charge on any atom is 0.314 e. The summed E-state index contributed by atoms with van der Waals surface area (Å²) < 4.78 is 10.7. The zero-order valence-electron chi connectivity index (χ0n) is 12.1. The normalized spacial score (nSPS) is 11.7. The van der Waals surface area contributed by atoms with Gasteiger partial charge in [-0.05, 0) is 36.8 Å². The Kier molecular flexibility index (Phi) is 4.82. The first-order valence-electron chi connectivity index (χ1n) is 6.66. The van der Waals surface area contributed by atoms with Crippen LogP contribution in [0.15, 0.2) is 48.5 Å². The van der Waals surface area contributed by atoms with Crippen LogP contribution in [0.1, 0.15) is 17.0 Å². The third kappa shape index (κ3) is 3.99. The van der Waals surface area contributed by atoms with E-state index in [-0.39, 0.29) is 6.61 Å². The fourth-order valence-electron chi connectivity index (χ4n) is 1.98. The number of rotatable bonds is 6. The van der Waals surface area contributed by atoms with Crippen molar-refractivity contribution in [2.75, 3.05) is 13.7 Å². The molecule has 2 aromatic carbocycles. The van der Waals surface area contributed by atoms with E-state index >= 15 is 0 Å². The Bertz CT molecular complexity index is 604. The molecular weight excluding hydrogens is 268 g/mol. The van der Waals surface area contributed by atoms with Gasteiger partial charge < -0.3 is 14.6 Å². The van der Waals surface area contributed by atoms with E-state index in [1.54, 1.807) is 31.4 Å². The van der Waals surface area contributed by atoms with Crippen LogP contribution in [0.2, 0.25) is 0 Å². The Balaban J connectivity index is 2.12. The van der Waals surface area contributed by atoms with Crippen molar-refractivity contribution in [2.45, 2.75) is 12.8 Å². The van der Waals surface area contributed by atoms with E-state index in [0.29, 0.717) is 17.1 Å². The second kappa shape index (κ2) is 6.79. The predicted octanol–water partition coefficient (Wildman–Crippen LogP) is 3.25. The highest BCUT2D eigenvalue weighted by atomic mass is 16.5. The van der Waals surface area contributed by atoms with Gasteiger partial charge >= 0.3 is 5.97 Å². The van der Waals surface area contributed by atoms with Crippen molar-refractivity contribution in [3.8, 4) is 11.5 Å². The molecule has 0 saturated heterocycles. The highest BCUT2D eigenvalue weighted by molar-refractivity contribution is 5.76. The molecule has 0 aliphatic rings. The minimum Gasteiger partial charge on any atom is -0.497 e. The molecular formula is C17H18O4. The van der Waals surface area contributed by atoms with Gasteiger partial charge in [-0.1, -0.05) is 29.8 Å². The molecule has 21 heavy (non-hydrogen) atoms. The number of hydrogen-bond acceptors (Lipinski definition) is 3. The van der Waals surface area contributed by atoms with Gasteiger partial charge in [-0.25, -0.2) is 0 Å². The van der Waals surface area contributed by atoms with Crippen molar-refractivity contribution in [3.05, 3.63) is 59.7 Å². The Morgan fingerprint density at radius 2 is 1.86 bits per heavy atom. The average Bonchev–Trinajstić information content (AvgIpc) is 2.49. The number of carboxylic acid groups (broad SMARTS) is 1. The number of ether oxygens (including phenoxy) is 2. The summed E-state index contributed by atoms with van der Waals surface area (Å²) in [6.07, 6.45) is 0. The molecule has 0 heterocycles. The van der Waals surface area contributed by atoms with E-state index in [1.807, 2.05) is 31.2 Å². The van der Waals surface area contributed by atoms with Crippen LogP contribution in [-0.2, 0) is 4.79 Å². The summed E-state index contributed by atoms with van der Waals surface area (Å²) in [4.78, 5) is 11.5. The molecule has 0 saturated carbocycles. The summed E-state index contributed by atoms with van der Waals surface area (Å²) in [5.74, 6) is -0.361. The summed E-state index contributed by atoms with van der Waals surface area (Å²) >= 11 is 0. The van der Waals surface area contributed by atoms with Gasteiger partial charge in [-0.3, -0.25) is 4.79 Å². The highest BCUT2D eigenvalue weighted by Crippen LogP contribution is 2.23. The van der Waals surface area contributed by atoms with Crippen molar-refractivity contribution in [1.82, 2.24) is 0 Å². The molecule has 1 unspecified atom stereocenters. The van der Waals surface area contributed by atoms with E-state index in [4.69, 9.17) is 9.47 Å². The van der Waals surface area contributed by atoms with E-state index in [1.165, 1.54) is 0 Å². The molecule has 0 aliphatic heterocycles. The largest absolute Gasteiger partial charge is 0.497 e. The van der Waals surface area contributed by atoms with Crippen molar-refractivity contribution >= 4 is 5.97 Å². The number of carboxylic acids is 1. The summed E-state index contributed by atoms with van der Waals surface area (Å²) in [6.45, 7) is 2.06. The minimum atomic E-state index is -0.921. The van der Waals surface area contributed by atoms with E-state index in [0.717, 1.165) is 5.56 Å². The lowest BCUT2D eigenvalue weighted by Crippen LogP contribution is -2.19. The highest BCUT2D eigenvalue weighted by Gasteiger charge is 2.21. The lowest BCUT2D eigenvalue weighted by atomic mass is 10.00. The molecule has 4 heteroatoms. The Morgan fingerprint density at radius 3 is 2.48 bits per heavy atom. The molecule has 2 rings (SSSR count). The maximum atomic E-state index is 11.5. The van der Waals surface area contributed by atoms with Gasteiger partial charge in [0.05, 0.1) is 7.11 Å². The first kappa shape index (κ1) is 14.9. The van der Waals surface area contributed by atoms with Gasteiger partial charge in [-0.15, -0.1) is 0 Å². The summed E-state index contributed by atoms with van der Waals surface area (Å²) in [5.41, 5.74) is 1.79. The Morgan fingerprint density at radius 1 is 1.14 bits per heavy atom. The monoisotopic (exact) mass is 286 g/mol. The standard InChI is InChI=1S/C17H18O4/c1-12-6-8-14(9-7-12)21-11-16(17(18)19)13-4-3-5-15(10-13)20-2/h3-10,16H,11H2,1-2H3,(H,18,19). The average molecular weight is 286 g/mol. The zero-order chi connectivity index (χ0) is 15.2. The second-order valence-electron chi connectivity index (χ2n) is 4.79. The molecule has 2 aromatic rings. The van der Waals surface area contributed by atoms with Crippen molar-refractivity contribution in [1.29, 1.82) is 0 Å². The van der Waals surface area contributed by atoms with Gasteiger partial charge in [-0.2, -0.15) is 0 Å². The van der Waals surface area contributed by atoms with Crippen LogP contribution in [0.3, 0.4) is 0 Å². The van der Waals surface area contributed by atoms with Crippen LogP contribution in [-0.4, -0.2) is 24.8 Å². The minimum absolute atomic E-state index is 0.0750. The number of aliphatic carboxylic acids is 1. The van der Waals surface area contributed by atoms with Gasteiger partial charge in [0.15, 0.2) is 0 Å². The molecule has 1 atom stereocenters. The van der Waals surface area contributed by atoms with Crippen LogP contribution in [0.4, 0.5) is 0 Å². The molecule has 4 nitrogen and oxygen atoms in total. The summed E-state index contributed by atoms with van der Waals surface area (Å²) in [6, 6.07) is 14.6. The number of methoxy groups -OCH3 is 1. The molecule has 1 N–H and O–H groups in total. The number of aryl methyl sites for hydroxylation is 1. The van der Waals surface area contributed by atoms with Crippen LogP contribution >= 0.6 is 0 Å².